The van der Waals surface area contributed by atoms with E-state index in [1.165, 1.54) is 4.57 Å². The molecule has 0 aliphatic rings. The normalized spacial score (nSPS) is 11.3. The van der Waals surface area contributed by atoms with Crippen molar-refractivity contribution in [2.24, 2.45) is 0 Å². The third-order valence-corrected chi connectivity index (χ3v) is 5.24. The van der Waals surface area contributed by atoms with E-state index in [9.17, 15) is 14.7 Å². The zero-order valence-electron chi connectivity index (χ0n) is 17.1. The average molecular weight is 408 g/mol. The fourth-order valence-corrected chi connectivity index (χ4v) is 3.74. The Morgan fingerprint density at radius 1 is 1.30 bits per heavy atom. The van der Waals surface area contributed by atoms with Gasteiger partial charge in [0.15, 0.2) is 5.82 Å². The van der Waals surface area contributed by atoms with E-state index in [0.717, 1.165) is 27.8 Å². The number of H-pyrrole nitrogens is 1. The lowest BCUT2D eigenvalue weighted by atomic mass is 10.1. The summed E-state index contributed by atoms with van der Waals surface area (Å²) in [5.41, 5.74) is 4.39. The summed E-state index contributed by atoms with van der Waals surface area (Å²) < 4.78 is 3.31. The van der Waals surface area contributed by atoms with Crippen LogP contribution in [-0.4, -0.2) is 43.3 Å². The number of hydrogen-bond acceptors (Lipinski definition) is 5. The fourth-order valence-electron chi connectivity index (χ4n) is 3.74. The van der Waals surface area contributed by atoms with E-state index in [1.54, 1.807) is 29.2 Å². The molecule has 1 aromatic carbocycles. The van der Waals surface area contributed by atoms with Crippen LogP contribution in [0.25, 0.3) is 16.4 Å². The first-order valence-corrected chi connectivity index (χ1v) is 9.80. The molecule has 4 rings (SSSR count). The molecule has 0 spiro atoms. The quantitative estimate of drug-likeness (QED) is 0.390. The van der Waals surface area contributed by atoms with E-state index in [-0.39, 0.29) is 24.6 Å². The Morgan fingerprint density at radius 2 is 2.10 bits per heavy atom. The van der Waals surface area contributed by atoms with Crippen molar-refractivity contribution in [1.29, 1.82) is 0 Å². The van der Waals surface area contributed by atoms with Gasteiger partial charge in [-0.2, -0.15) is 0 Å². The molecule has 0 fully saturated rings. The zero-order chi connectivity index (χ0) is 21.4. The van der Waals surface area contributed by atoms with Crippen LogP contribution in [0.3, 0.4) is 0 Å². The number of fused-ring (bicyclic) bond motifs is 3. The lowest BCUT2D eigenvalue weighted by Gasteiger charge is -2.13. The van der Waals surface area contributed by atoms with Crippen molar-refractivity contribution in [3.8, 4) is 0 Å². The molecule has 0 radical (unpaired) electrons. The van der Waals surface area contributed by atoms with Gasteiger partial charge in [-0.1, -0.05) is 6.07 Å². The molecule has 0 saturated carbocycles. The van der Waals surface area contributed by atoms with E-state index in [4.69, 9.17) is 0 Å². The van der Waals surface area contributed by atoms with Crippen LogP contribution in [0, 0.1) is 13.8 Å². The third-order valence-electron chi connectivity index (χ3n) is 5.24. The van der Waals surface area contributed by atoms with Crippen LogP contribution >= 0.6 is 0 Å². The van der Waals surface area contributed by atoms with Crippen molar-refractivity contribution in [3.63, 3.8) is 0 Å². The predicted molar refractivity (Wildman–Crippen MR) is 116 cm³/mol. The Balaban J connectivity index is 1.83. The number of carbonyl (C=O) groups excluding carboxylic acids is 1. The molecule has 156 valence electrons. The molecular weight excluding hydrogens is 384 g/mol. The second kappa shape index (κ2) is 7.68. The summed E-state index contributed by atoms with van der Waals surface area (Å²) in [4.78, 5) is 29.4. The minimum Gasteiger partial charge on any atom is -0.395 e. The van der Waals surface area contributed by atoms with E-state index >= 15 is 0 Å². The van der Waals surface area contributed by atoms with Crippen LogP contribution in [0.2, 0.25) is 0 Å². The number of rotatable bonds is 6. The first kappa shape index (κ1) is 19.7. The fraction of sp³-hybridized carbons (Fsp3) is 0.286. The molecule has 9 nitrogen and oxygen atoms in total. The Bertz CT molecular complexity index is 1310. The molecule has 0 aliphatic heterocycles. The van der Waals surface area contributed by atoms with Crippen LogP contribution in [0.1, 0.15) is 28.4 Å². The molecule has 9 heteroatoms. The Labute approximate surface area is 172 Å². The van der Waals surface area contributed by atoms with Crippen LogP contribution in [0.5, 0.6) is 0 Å². The number of aromatic amines is 1. The van der Waals surface area contributed by atoms with Gasteiger partial charge in [0.2, 0.25) is 0 Å². The summed E-state index contributed by atoms with van der Waals surface area (Å²) >= 11 is 0. The van der Waals surface area contributed by atoms with Gasteiger partial charge < -0.3 is 20.3 Å². The Kier molecular flexibility index (Phi) is 5.04. The van der Waals surface area contributed by atoms with E-state index in [0.29, 0.717) is 23.3 Å². The van der Waals surface area contributed by atoms with Crippen LogP contribution in [0.15, 0.2) is 35.5 Å². The summed E-state index contributed by atoms with van der Waals surface area (Å²) in [6.07, 6.45) is 3.28. The number of aliphatic hydroxyl groups is 1. The number of hydrogen-bond donors (Lipinski definition) is 4. The second-order valence-electron chi connectivity index (χ2n) is 7.17. The number of aryl methyl sites for hydroxylation is 2. The van der Waals surface area contributed by atoms with Crippen molar-refractivity contribution in [3.05, 3.63) is 57.8 Å². The molecule has 4 aromatic rings. The molecule has 0 saturated heterocycles. The van der Waals surface area contributed by atoms with Crippen molar-refractivity contribution in [1.82, 2.24) is 24.5 Å². The second-order valence-corrected chi connectivity index (χ2v) is 7.17. The van der Waals surface area contributed by atoms with Gasteiger partial charge in [0.25, 0.3) is 11.5 Å². The number of benzene rings is 1. The standard InChI is InChI=1S/C21H24N6O3/c1-4-22-20(29)14-6-5-12(2)15(9-14)25-19-18-13(3)17-16(27(18)24-11-23-19)10-26(7-8-28)21(17)30/h5-6,9-11,25,28H,4,7-8H2,1-3H3,(H,22,29)(H,23,24). The van der Waals surface area contributed by atoms with E-state index in [1.807, 2.05) is 26.8 Å². The van der Waals surface area contributed by atoms with Gasteiger partial charge in [-0.15, -0.1) is 0 Å². The number of carbonyl (C=O) groups is 1. The van der Waals surface area contributed by atoms with Crippen LogP contribution in [0.4, 0.5) is 11.5 Å². The Hall–Kier alpha value is -3.59. The summed E-state index contributed by atoms with van der Waals surface area (Å²) in [5, 5.41) is 19.0. The SMILES string of the molecule is CCNC(=O)c1ccc(C)c(Nc2nc[nH]n3c2c(C)c2c(=O)n(CCO)cc23)c1. The molecule has 0 bridgehead atoms. The van der Waals surface area contributed by atoms with E-state index < -0.39 is 0 Å². The molecule has 0 aliphatic carbocycles. The highest BCUT2D eigenvalue weighted by atomic mass is 16.3. The first-order valence-electron chi connectivity index (χ1n) is 9.80. The van der Waals surface area contributed by atoms with Gasteiger partial charge >= 0.3 is 0 Å². The molecule has 1 amide bonds. The molecule has 0 unspecified atom stereocenters. The highest BCUT2D eigenvalue weighted by Gasteiger charge is 2.19. The number of aromatic nitrogens is 4. The number of nitrogens with zero attached hydrogens (tertiary/aromatic N) is 3. The molecule has 4 N–H and O–H groups in total. The van der Waals surface area contributed by atoms with Crippen molar-refractivity contribution in [2.45, 2.75) is 27.3 Å². The van der Waals surface area contributed by atoms with Crippen molar-refractivity contribution in [2.75, 3.05) is 18.5 Å². The maximum absolute atomic E-state index is 12.8. The summed E-state index contributed by atoms with van der Waals surface area (Å²) in [6, 6.07) is 5.46. The number of amides is 1. The molecule has 3 aromatic heterocycles. The number of aliphatic hydroxyl groups excluding tert-OH is 1. The highest BCUT2D eigenvalue weighted by molar-refractivity contribution is 5.97. The largest absolute Gasteiger partial charge is 0.395 e. The van der Waals surface area contributed by atoms with Gasteiger partial charge in [0.05, 0.1) is 17.5 Å². The lowest BCUT2D eigenvalue weighted by Crippen LogP contribution is -2.22. The Morgan fingerprint density at radius 3 is 2.83 bits per heavy atom. The van der Waals surface area contributed by atoms with Crippen LogP contribution in [-0.2, 0) is 6.54 Å². The van der Waals surface area contributed by atoms with Gasteiger partial charge in [-0.25, -0.2) is 9.50 Å². The molecule has 0 atom stereocenters. The lowest BCUT2D eigenvalue weighted by molar-refractivity contribution is 0.0956. The monoisotopic (exact) mass is 408 g/mol. The third kappa shape index (κ3) is 3.13. The van der Waals surface area contributed by atoms with E-state index in [2.05, 4.69) is 20.7 Å². The maximum atomic E-state index is 12.8. The average Bonchev–Trinajstić information content (AvgIpc) is 3.20. The van der Waals surface area contributed by atoms with Crippen molar-refractivity contribution >= 4 is 33.8 Å². The predicted octanol–water partition coefficient (Wildman–Crippen LogP) is 2.08. The number of nitrogens with one attached hydrogen (secondary N) is 3. The van der Waals surface area contributed by atoms with Gasteiger partial charge in [0, 0.05) is 30.5 Å². The smallest absolute Gasteiger partial charge is 0.260 e. The summed E-state index contributed by atoms with van der Waals surface area (Å²) in [5.74, 6) is 0.439. The summed E-state index contributed by atoms with van der Waals surface area (Å²) in [6.45, 7) is 6.40. The van der Waals surface area contributed by atoms with Crippen molar-refractivity contribution < 1.29 is 9.90 Å². The van der Waals surface area contributed by atoms with Crippen LogP contribution < -0.4 is 16.2 Å². The molecule has 3 heterocycles. The minimum absolute atomic E-state index is 0.104. The molecule has 30 heavy (non-hydrogen) atoms. The van der Waals surface area contributed by atoms with Gasteiger partial charge in [-0.3, -0.25) is 14.7 Å². The highest BCUT2D eigenvalue weighted by Crippen LogP contribution is 2.30. The molecular formula is C21H24N6O3. The zero-order valence-corrected chi connectivity index (χ0v) is 17.1. The summed E-state index contributed by atoms with van der Waals surface area (Å²) in [7, 11) is 0. The van der Waals surface area contributed by atoms with Gasteiger partial charge in [0.1, 0.15) is 11.8 Å². The number of anilines is 2. The maximum Gasteiger partial charge on any atom is 0.260 e. The van der Waals surface area contributed by atoms with Gasteiger partial charge in [-0.05, 0) is 44.0 Å². The minimum atomic E-state index is -0.144. The first-order chi connectivity index (χ1) is 14.5. The topological polar surface area (TPSA) is 116 Å².